The highest BCUT2D eigenvalue weighted by atomic mass is 35.5. The second-order valence-electron chi connectivity index (χ2n) is 7.92. The van der Waals surface area contributed by atoms with Gasteiger partial charge in [0.25, 0.3) is 5.56 Å². The molecule has 0 atom stereocenters. The third-order valence-electron chi connectivity index (χ3n) is 5.62. The van der Waals surface area contributed by atoms with Gasteiger partial charge in [-0.05, 0) is 55.8 Å². The van der Waals surface area contributed by atoms with Gasteiger partial charge in [0, 0.05) is 25.0 Å². The molecule has 1 N–H and O–H groups in total. The lowest BCUT2D eigenvalue weighted by Crippen LogP contribution is -2.26. The number of hydrogen-bond donors (Lipinski definition) is 1. The van der Waals surface area contributed by atoms with Gasteiger partial charge in [-0.3, -0.25) is 4.79 Å². The maximum absolute atomic E-state index is 13.1. The first kappa shape index (κ1) is 20.9. The number of likely N-dealkylation sites (N-methyl/N-ethyl adjacent to an activating group) is 1. The van der Waals surface area contributed by atoms with Crippen molar-refractivity contribution in [3.63, 3.8) is 0 Å². The summed E-state index contributed by atoms with van der Waals surface area (Å²) in [6.45, 7) is 3.78. The van der Waals surface area contributed by atoms with Gasteiger partial charge >= 0.3 is 0 Å². The van der Waals surface area contributed by atoms with Crippen LogP contribution in [0.25, 0.3) is 16.6 Å². The molecule has 0 aliphatic carbocycles. The van der Waals surface area contributed by atoms with Crippen LogP contribution < -0.4 is 10.9 Å². The minimum absolute atomic E-state index is 0.337. The zero-order valence-electron chi connectivity index (χ0n) is 17.6. The highest BCUT2D eigenvalue weighted by molar-refractivity contribution is 6.37. The van der Waals surface area contributed by atoms with E-state index in [-0.39, 0.29) is 5.56 Å². The molecule has 0 bridgehead atoms. The lowest BCUT2D eigenvalue weighted by Gasteiger charge is -2.25. The average Bonchev–Trinajstić information content (AvgIpc) is 2.77. The number of rotatable bonds is 3. The molecule has 9 heteroatoms. The molecular formula is C23H20Cl2N6O. The highest BCUT2D eigenvalue weighted by Gasteiger charge is 2.17. The Labute approximate surface area is 194 Å². The Hall–Kier alpha value is -3.00. The van der Waals surface area contributed by atoms with Crippen molar-refractivity contribution in [2.75, 3.05) is 18.9 Å². The van der Waals surface area contributed by atoms with E-state index in [2.05, 4.69) is 44.5 Å². The molecule has 1 aliphatic rings. The Kier molecular flexibility index (Phi) is 5.33. The number of benzene rings is 2. The third-order valence-corrected chi connectivity index (χ3v) is 6.23. The van der Waals surface area contributed by atoms with Crippen molar-refractivity contribution < 1.29 is 0 Å². The molecule has 5 rings (SSSR count). The van der Waals surface area contributed by atoms with Gasteiger partial charge in [0.1, 0.15) is 11.2 Å². The number of aryl methyl sites for hydroxylation is 1. The molecule has 0 saturated heterocycles. The monoisotopic (exact) mass is 466 g/mol. The first-order valence-corrected chi connectivity index (χ1v) is 10.9. The van der Waals surface area contributed by atoms with E-state index in [0.29, 0.717) is 38.3 Å². The normalized spacial score (nSPS) is 13.9. The number of fused-ring (bicyclic) bond motifs is 2. The largest absolute Gasteiger partial charge is 0.324 e. The molecule has 0 saturated carbocycles. The summed E-state index contributed by atoms with van der Waals surface area (Å²) in [5.74, 6) is 0.406. The van der Waals surface area contributed by atoms with Crippen molar-refractivity contribution in [1.82, 2.24) is 24.6 Å². The third kappa shape index (κ3) is 3.72. The van der Waals surface area contributed by atoms with Crippen molar-refractivity contribution in [3.05, 3.63) is 79.8 Å². The molecule has 1 aliphatic heterocycles. The molecule has 32 heavy (non-hydrogen) atoms. The molecule has 0 spiro atoms. The fraction of sp³-hybridized carbons (Fsp3) is 0.217. The van der Waals surface area contributed by atoms with Gasteiger partial charge in [-0.2, -0.15) is 9.78 Å². The number of nitrogens with one attached hydrogen (secondary N) is 1. The van der Waals surface area contributed by atoms with Gasteiger partial charge in [0.05, 0.1) is 21.1 Å². The summed E-state index contributed by atoms with van der Waals surface area (Å²) in [7, 11) is 2.13. The first-order valence-electron chi connectivity index (χ1n) is 10.2. The van der Waals surface area contributed by atoms with E-state index in [0.717, 1.165) is 25.2 Å². The minimum Gasteiger partial charge on any atom is -0.324 e. The molecule has 0 amide bonds. The second kappa shape index (κ2) is 8.16. The fourth-order valence-corrected chi connectivity index (χ4v) is 4.53. The Morgan fingerprint density at radius 1 is 1.09 bits per heavy atom. The highest BCUT2D eigenvalue weighted by Crippen LogP contribution is 2.28. The zero-order chi connectivity index (χ0) is 22.4. The maximum Gasteiger partial charge on any atom is 0.282 e. The molecule has 7 nitrogen and oxygen atoms in total. The average molecular weight is 467 g/mol. The topological polar surface area (TPSA) is 75.9 Å². The lowest BCUT2D eigenvalue weighted by molar-refractivity contribution is 0.313. The van der Waals surface area contributed by atoms with Crippen molar-refractivity contribution in [2.24, 2.45) is 0 Å². The van der Waals surface area contributed by atoms with Crippen LogP contribution in [0.15, 0.2) is 47.4 Å². The van der Waals surface area contributed by atoms with Crippen LogP contribution >= 0.6 is 23.2 Å². The van der Waals surface area contributed by atoms with Crippen molar-refractivity contribution in [2.45, 2.75) is 19.9 Å². The van der Waals surface area contributed by atoms with Crippen LogP contribution in [0, 0.1) is 6.92 Å². The van der Waals surface area contributed by atoms with Crippen LogP contribution in [-0.2, 0) is 13.0 Å². The Morgan fingerprint density at radius 2 is 1.88 bits per heavy atom. The molecule has 0 radical (unpaired) electrons. The quantitative estimate of drug-likeness (QED) is 0.478. The molecule has 4 aromatic rings. The molecule has 3 heterocycles. The molecule has 162 valence electrons. The van der Waals surface area contributed by atoms with Crippen LogP contribution in [0.1, 0.15) is 16.8 Å². The van der Waals surface area contributed by atoms with Gasteiger partial charge in [0.2, 0.25) is 5.95 Å². The number of halogens is 2. The summed E-state index contributed by atoms with van der Waals surface area (Å²) >= 11 is 12.6. The summed E-state index contributed by atoms with van der Waals surface area (Å²) in [5.41, 5.74) is 4.57. The van der Waals surface area contributed by atoms with Gasteiger partial charge < -0.3 is 10.2 Å². The van der Waals surface area contributed by atoms with E-state index < -0.39 is 0 Å². The fourth-order valence-electron chi connectivity index (χ4n) is 3.98. The van der Waals surface area contributed by atoms with E-state index in [4.69, 9.17) is 23.2 Å². The molecule has 2 aromatic heterocycles. The van der Waals surface area contributed by atoms with Crippen LogP contribution in [0.2, 0.25) is 10.0 Å². The van der Waals surface area contributed by atoms with Gasteiger partial charge in [-0.25, -0.2) is 9.97 Å². The van der Waals surface area contributed by atoms with Crippen molar-refractivity contribution >= 4 is 45.7 Å². The van der Waals surface area contributed by atoms with Crippen LogP contribution in [-0.4, -0.2) is 38.2 Å². The van der Waals surface area contributed by atoms with Gasteiger partial charge in [0.15, 0.2) is 0 Å². The molecule has 2 aromatic carbocycles. The number of anilines is 2. The standard InChI is InChI=1S/C23H20Cl2N6O/c1-13-20-17(22(32)31(29-13)21-18(24)4-3-5-19(21)25)11-26-23(28-20)27-16-7-6-15-12-30(2)9-8-14(15)10-16/h3-7,10-11H,8-9,12H2,1-2H3,(H,26,27,28). The van der Waals surface area contributed by atoms with Gasteiger partial charge in [-0.15, -0.1) is 0 Å². The molecule has 0 fully saturated rings. The zero-order valence-corrected chi connectivity index (χ0v) is 19.1. The smallest absolute Gasteiger partial charge is 0.282 e. The minimum atomic E-state index is -0.384. The summed E-state index contributed by atoms with van der Waals surface area (Å²) < 4.78 is 1.21. The van der Waals surface area contributed by atoms with E-state index in [1.165, 1.54) is 22.0 Å². The van der Waals surface area contributed by atoms with E-state index in [9.17, 15) is 4.79 Å². The molecular weight excluding hydrogens is 447 g/mol. The number of aromatic nitrogens is 4. The summed E-state index contributed by atoms with van der Waals surface area (Å²) in [5, 5.41) is 8.69. The summed E-state index contributed by atoms with van der Waals surface area (Å²) in [6, 6.07) is 11.3. The van der Waals surface area contributed by atoms with E-state index in [1.807, 2.05) is 6.07 Å². The second-order valence-corrected chi connectivity index (χ2v) is 8.74. The maximum atomic E-state index is 13.1. The van der Waals surface area contributed by atoms with E-state index in [1.54, 1.807) is 25.1 Å². The predicted molar refractivity (Wildman–Crippen MR) is 127 cm³/mol. The SMILES string of the molecule is Cc1nn(-c2c(Cl)cccc2Cl)c(=O)c2cnc(Nc3ccc4c(c3)CCN(C)C4)nc12. The van der Waals surface area contributed by atoms with Crippen LogP contribution in [0.5, 0.6) is 0 Å². The van der Waals surface area contributed by atoms with Gasteiger partial charge in [-0.1, -0.05) is 35.3 Å². The molecule has 0 unspecified atom stereocenters. The predicted octanol–water partition coefficient (Wildman–Crippen LogP) is 4.52. The Balaban J connectivity index is 1.53. The Morgan fingerprint density at radius 3 is 2.66 bits per heavy atom. The summed E-state index contributed by atoms with van der Waals surface area (Å²) in [6.07, 6.45) is 2.52. The number of hydrogen-bond acceptors (Lipinski definition) is 6. The summed E-state index contributed by atoms with van der Waals surface area (Å²) in [4.78, 5) is 24.4. The van der Waals surface area contributed by atoms with Crippen molar-refractivity contribution in [3.8, 4) is 5.69 Å². The van der Waals surface area contributed by atoms with Crippen LogP contribution in [0.4, 0.5) is 11.6 Å². The Bertz CT molecular complexity index is 1400. The van der Waals surface area contributed by atoms with E-state index >= 15 is 0 Å². The van der Waals surface area contributed by atoms with Crippen molar-refractivity contribution in [1.29, 1.82) is 0 Å². The first-order chi connectivity index (χ1) is 15.4. The number of para-hydroxylation sites is 1. The van der Waals surface area contributed by atoms with Crippen LogP contribution in [0.3, 0.4) is 0 Å². The number of nitrogens with zero attached hydrogens (tertiary/aromatic N) is 5. The lowest BCUT2D eigenvalue weighted by atomic mass is 9.99.